The van der Waals surface area contributed by atoms with Gasteiger partial charge in [0.25, 0.3) is 0 Å². The van der Waals surface area contributed by atoms with Crippen LogP contribution in [0.25, 0.3) is 0 Å². The van der Waals surface area contributed by atoms with Gasteiger partial charge < -0.3 is 30.4 Å². The minimum Gasteiger partial charge on any atom is -0.394 e. The molecule has 106 valence electrons. The van der Waals surface area contributed by atoms with Gasteiger partial charge in [0.2, 0.25) is 0 Å². The number of hydrogen-bond donors (Lipinski definition) is 5. The Balaban J connectivity index is 2.73. The molecule has 0 saturated carbocycles. The van der Waals surface area contributed by atoms with E-state index in [9.17, 15) is 20.4 Å². The molecule has 0 aromatic rings. The van der Waals surface area contributed by atoms with Crippen LogP contribution in [0.15, 0.2) is 0 Å². The van der Waals surface area contributed by atoms with Crippen LogP contribution >= 0.6 is 24.0 Å². The van der Waals surface area contributed by atoms with Gasteiger partial charge in [0.1, 0.15) is 22.6 Å². The quantitative estimate of drug-likeness (QED) is 0.377. The fourth-order valence-electron chi connectivity index (χ4n) is 1.77. The smallest absolute Gasteiger partial charge is 0.162 e. The van der Waals surface area contributed by atoms with Crippen LogP contribution in [0.1, 0.15) is 13.3 Å². The summed E-state index contributed by atoms with van der Waals surface area (Å²) in [5.74, 6) is 0. The van der Waals surface area contributed by atoms with Crippen LogP contribution in [0, 0.1) is 0 Å². The van der Waals surface area contributed by atoms with Gasteiger partial charge in [0.15, 0.2) is 4.93 Å². The first-order chi connectivity index (χ1) is 8.35. The van der Waals surface area contributed by atoms with Gasteiger partial charge in [-0.15, -0.1) is 0 Å². The molecule has 0 aromatic carbocycles. The molecule has 1 heterocycles. The first-order valence-corrected chi connectivity index (χ1v) is 6.93. The first-order valence-electron chi connectivity index (χ1n) is 5.71. The summed E-state index contributed by atoms with van der Waals surface area (Å²) >= 11 is 5.97. The molecular formula is C10H19NO5S2. The number of nitrogens with zero attached hydrogens (tertiary/aromatic N) is 1. The number of rotatable bonds is 6. The van der Waals surface area contributed by atoms with Crippen molar-refractivity contribution in [1.29, 1.82) is 0 Å². The summed E-state index contributed by atoms with van der Waals surface area (Å²) in [6.07, 6.45) is -3.88. The Morgan fingerprint density at radius 2 is 2.06 bits per heavy atom. The molecule has 0 bridgehead atoms. The highest BCUT2D eigenvalue weighted by molar-refractivity contribution is 8.24. The van der Waals surface area contributed by atoms with Gasteiger partial charge in [-0.25, -0.2) is 0 Å². The van der Waals surface area contributed by atoms with Crippen molar-refractivity contribution in [2.75, 3.05) is 19.7 Å². The lowest BCUT2D eigenvalue weighted by Crippen LogP contribution is -2.53. The third-order valence-corrected chi connectivity index (χ3v) is 4.47. The van der Waals surface area contributed by atoms with Crippen molar-refractivity contribution in [3.8, 4) is 0 Å². The summed E-state index contributed by atoms with van der Waals surface area (Å²) in [5.41, 5.74) is 0. The Bertz CT molecular complexity index is 306. The zero-order valence-electron chi connectivity index (χ0n) is 10.1. The van der Waals surface area contributed by atoms with E-state index in [1.165, 1.54) is 0 Å². The van der Waals surface area contributed by atoms with Gasteiger partial charge in [-0.2, -0.15) is 0 Å². The van der Waals surface area contributed by atoms with Crippen molar-refractivity contribution >= 4 is 28.3 Å². The number of hydrogen-bond acceptors (Lipinski definition) is 7. The molecule has 6 nitrogen and oxygen atoms in total. The lowest BCUT2D eigenvalue weighted by Gasteiger charge is -2.32. The number of aliphatic hydroxyl groups is 5. The molecule has 4 atom stereocenters. The Labute approximate surface area is 115 Å². The molecule has 1 saturated heterocycles. The highest BCUT2D eigenvalue weighted by atomic mass is 32.2. The van der Waals surface area contributed by atoms with E-state index in [-0.39, 0.29) is 6.54 Å². The lowest BCUT2D eigenvalue weighted by molar-refractivity contribution is -0.126. The molecule has 18 heavy (non-hydrogen) atoms. The van der Waals surface area contributed by atoms with Crippen molar-refractivity contribution in [3.05, 3.63) is 0 Å². The molecule has 0 spiro atoms. The molecule has 0 amide bonds. The lowest BCUT2D eigenvalue weighted by atomic mass is 10.0. The van der Waals surface area contributed by atoms with E-state index in [0.717, 1.165) is 18.2 Å². The summed E-state index contributed by atoms with van der Waals surface area (Å²) in [6.45, 7) is 2.01. The predicted molar refractivity (Wildman–Crippen MR) is 72.1 cm³/mol. The monoisotopic (exact) mass is 297 g/mol. The van der Waals surface area contributed by atoms with E-state index in [2.05, 4.69) is 0 Å². The van der Waals surface area contributed by atoms with Gasteiger partial charge >= 0.3 is 0 Å². The summed E-state index contributed by atoms with van der Waals surface area (Å²) in [6, 6.07) is 0. The van der Waals surface area contributed by atoms with Crippen molar-refractivity contribution < 1.29 is 25.5 Å². The van der Waals surface area contributed by atoms with E-state index >= 15 is 0 Å². The van der Waals surface area contributed by atoms with Gasteiger partial charge in [-0.3, -0.25) is 0 Å². The van der Waals surface area contributed by atoms with E-state index in [1.54, 1.807) is 4.90 Å². The average Bonchev–Trinajstić information content (AvgIpc) is 2.63. The summed E-state index contributed by atoms with van der Waals surface area (Å²) in [4.78, 5) is 0.0725. The second kappa shape index (κ2) is 6.47. The van der Waals surface area contributed by atoms with Gasteiger partial charge in [0.05, 0.1) is 13.2 Å². The van der Waals surface area contributed by atoms with E-state index in [0.29, 0.717) is 10.9 Å². The molecule has 0 aromatic heterocycles. The maximum atomic E-state index is 10.3. The van der Waals surface area contributed by atoms with Crippen molar-refractivity contribution in [3.63, 3.8) is 0 Å². The van der Waals surface area contributed by atoms with Crippen LogP contribution in [-0.4, -0.2) is 77.7 Å². The SMILES string of the molecule is CCCN1C[C@@](O)([C@@H](O)[C@H](O)[C@H](O)CO)SC1=S. The van der Waals surface area contributed by atoms with Crippen molar-refractivity contribution in [1.82, 2.24) is 4.90 Å². The second-order valence-electron chi connectivity index (χ2n) is 4.32. The van der Waals surface area contributed by atoms with Gasteiger partial charge in [-0.1, -0.05) is 30.9 Å². The Kier molecular flexibility index (Phi) is 5.78. The molecule has 1 aliphatic heterocycles. The van der Waals surface area contributed by atoms with E-state index in [1.807, 2.05) is 6.92 Å². The minimum atomic E-state index is -1.66. The van der Waals surface area contributed by atoms with E-state index < -0.39 is 29.9 Å². The second-order valence-corrected chi connectivity index (χ2v) is 6.26. The zero-order valence-corrected chi connectivity index (χ0v) is 11.7. The van der Waals surface area contributed by atoms with Crippen LogP contribution in [-0.2, 0) is 0 Å². The molecule has 5 N–H and O–H groups in total. The first kappa shape index (κ1) is 16.1. The molecular weight excluding hydrogens is 278 g/mol. The molecule has 1 rings (SSSR count). The third-order valence-electron chi connectivity index (χ3n) is 2.80. The van der Waals surface area contributed by atoms with Gasteiger partial charge in [0, 0.05) is 6.54 Å². The van der Waals surface area contributed by atoms with E-state index in [4.69, 9.17) is 17.3 Å². The highest BCUT2D eigenvalue weighted by Gasteiger charge is 2.49. The molecule has 1 fully saturated rings. The maximum absolute atomic E-state index is 10.3. The van der Waals surface area contributed by atoms with Crippen LogP contribution in [0.2, 0.25) is 0 Å². The van der Waals surface area contributed by atoms with Gasteiger partial charge in [-0.05, 0) is 6.42 Å². The van der Waals surface area contributed by atoms with Crippen LogP contribution in [0.4, 0.5) is 0 Å². The van der Waals surface area contributed by atoms with Crippen LogP contribution in [0.5, 0.6) is 0 Å². The topological polar surface area (TPSA) is 104 Å². The number of β-amino-alcohol motifs (C(OH)–C–C–N with tert-alkyl or cyclic N) is 1. The highest BCUT2D eigenvalue weighted by Crippen LogP contribution is 2.38. The normalized spacial score (nSPS) is 29.4. The zero-order chi connectivity index (χ0) is 13.9. The average molecular weight is 297 g/mol. The predicted octanol–water partition coefficient (Wildman–Crippen LogP) is -1.51. The fraction of sp³-hybridized carbons (Fsp3) is 0.900. The Morgan fingerprint density at radius 1 is 1.44 bits per heavy atom. The summed E-state index contributed by atoms with van der Waals surface area (Å²) < 4.78 is 0.448. The maximum Gasteiger partial charge on any atom is 0.162 e. The fourth-order valence-corrected chi connectivity index (χ4v) is 3.42. The molecule has 0 radical (unpaired) electrons. The Morgan fingerprint density at radius 3 is 2.56 bits per heavy atom. The number of thioether (sulfide) groups is 1. The largest absolute Gasteiger partial charge is 0.394 e. The van der Waals surface area contributed by atoms with Crippen LogP contribution < -0.4 is 0 Å². The molecule has 0 aliphatic carbocycles. The molecule has 8 heteroatoms. The van der Waals surface area contributed by atoms with Crippen molar-refractivity contribution in [2.45, 2.75) is 36.6 Å². The molecule has 0 unspecified atom stereocenters. The minimum absolute atomic E-state index is 0.0840. The molecule has 1 aliphatic rings. The third kappa shape index (κ3) is 3.32. The van der Waals surface area contributed by atoms with Crippen molar-refractivity contribution in [2.24, 2.45) is 0 Å². The van der Waals surface area contributed by atoms with Crippen LogP contribution in [0.3, 0.4) is 0 Å². The number of thiocarbonyl (C=S) groups is 1. The summed E-state index contributed by atoms with van der Waals surface area (Å²) in [5, 5.41) is 47.8. The standard InChI is InChI=1S/C10H19NO5S2/c1-2-3-11-5-10(16,18-9(11)17)8(15)7(14)6(13)4-12/h6-8,12-16H,2-5H2,1H3/t6-,7-,8+,10+/m1/s1. The Hall–Kier alpha value is 0.0400. The number of aliphatic hydroxyl groups excluding tert-OH is 4. The summed E-state index contributed by atoms with van der Waals surface area (Å²) in [7, 11) is 0.